The first-order valence-corrected chi connectivity index (χ1v) is 8.67. The summed E-state index contributed by atoms with van der Waals surface area (Å²) in [7, 11) is 0. The van der Waals surface area contributed by atoms with Crippen LogP contribution < -0.4 is 10.9 Å². The molecule has 134 valence electrons. The van der Waals surface area contributed by atoms with Crippen molar-refractivity contribution in [3.05, 3.63) is 81.2 Å². The summed E-state index contributed by atoms with van der Waals surface area (Å²) in [5, 5.41) is 3.06. The zero-order valence-corrected chi connectivity index (χ0v) is 14.4. The van der Waals surface area contributed by atoms with E-state index in [0.29, 0.717) is 10.7 Å². The second-order valence-electron chi connectivity index (χ2n) is 5.57. The number of benzene rings is 1. The largest absolute Gasteiger partial charge is 0.315 e. The summed E-state index contributed by atoms with van der Waals surface area (Å²) in [6, 6.07) is 8.22. The molecule has 0 spiro atoms. The molecule has 0 saturated carbocycles. The van der Waals surface area contributed by atoms with Crippen LogP contribution in [0.1, 0.15) is 16.9 Å². The van der Waals surface area contributed by atoms with Gasteiger partial charge in [0, 0.05) is 48.8 Å². The summed E-state index contributed by atoms with van der Waals surface area (Å²) >= 11 is 1.22. The molecule has 0 saturated heterocycles. The van der Waals surface area contributed by atoms with E-state index in [1.165, 1.54) is 34.1 Å². The molecule has 3 aromatic rings. The van der Waals surface area contributed by atoms with Crippen molar-refractivity contribution in [1.29, 1.82) is 0 Å². The van der Waals surface area contributed by atoms with Crippen LogP contribution in [0.4, 0.5) is 13.9 Å². The molecule has 1 N–H and O–H groups in total. The molecule has 8 heteroatoms. The minimum Gasteiger partial charge on any atom is -0.315 e. The zero-order chi connectivity index (χ0) is 18.5. The van der Waals surface area contributed by atoms with E-state index < -0.39 is 11.6 Å². The Kier molecular flexibility index (Phi) is 5.52. The predicted octanol–water partition coefficient (Wildman–Crippen LogP) is 3.20. The molecule has 1 aromatic carbocycles. The maximum Gasteiger partial charge on any atom is 0.250 e. The lowest BCUT2D eigenvalue weighted by molar-refractivity contribution is -0.116. The lowest BCUT2D eigenvalue weighted by atomic mass is 10.1. The second-order valence-corrected chi connectivity index (χ2v) is 6.69. The van der Waals surface area contributed by atoms with Crippen molar-refractivity contribution in [2.24, 2.45) is 0 Å². The van der Waals surface area contributed by atoms with Gasteiger partial charge in [-0.1, -0.05) is 12.1 Å². The van der Waals surface area contributed by atoms with Gasteiger partial charge in [0.1, 0.15) is 11.6 Å². The highest BCUT2D eigenvalue weighted by atomic mass is 32.1. The lowest BCUT2D eigenvalue weighted by Gasteiger charge is -2.04. The van der Waals surface area contributed by atoms with Crippen LogP contribution in [0.2, 0.25) is 0 Å². The molecule has 0 bridgehead atoms. The Labute approximate surface area is 151 Å². The maximum atomic E-state index is 13.7. The number of carbonyl (C=O) groups is 1. The number of amides is 1. The van der Waals surface area contributed by atoms with Gasteiger partial charge in [-0.25, -0.2) is 13.8 Å². The highest BCUT2D eigenvalue weighted by Crippen LogP contribution is 2.22. The second kappa shape index (κ2) is 8.01. The highest BCUT2D eigenvalue weighted by molar-refractivity contribution is 7.15. The van der Waals surface area contributed by atoms with Gasteiger partial charge in [-0.3, -0.25) is 9.59 Å². The van der Waals surface area contributed by atoms with E-state index in [2.05, 4.69) is 10.3 Å². The van der Waals surface area contributed by atoms with Crippen molar-refractivity contribution in [2.75, 3.05) is 5.32 Å². The van der Waals surface area contributed by atoms with Crippen molar-refractivity contribution in [3.8, 4) is 0 Å². The van der Waals surface area contributed by atoms with Gasteiger partial charge in [0.25, 0.3) is 5.56 Å². The first-order chi connectivity index (χ1) is 12.5. The zero-order valence-electron chi connectivity index (χ0n) is 13.6. The number of pyridine rings is 1. The fourth-order valence-electron chi connectivity index (χ4n) is 2.35. The Morgan fingerprint density at radius 3 is 2.85 bits per heavy atom. The summed E-state index contributed by atoms with van der Waals surface area (Å²) in [6.45, 7) is 0.268. The van der Waals surface area contributed by atoms with Crippen LogP contribution >= 0.6 is 11.3 Å². The van der Waals surface area contributed by atoms with Crippen LogP contribution in [0, 0.1) is 11.6 Å². The fraction of sp³-hybridized carbons (Fsp3) is 0.167. The van der Waals surface area contributed by atoms with Crippen molar-refractivity contribution in [2.45, 2.75) is 19.4 Å². The van der Waals surface area contributed by atoms with E-state index in [1.807, 2.05) is 0 Å². The van der Waals surface area contributed by atoms with Crippen LogP contribution in [0.5, 0.6) is 0 Å². The standard InChI is InChI=1S/C18H15F2N3O2S/c19-13-5-4-12(15(20)10-13)9-14-11-21-18(26-14)22-16(24)6-8-23-7-2-1-3-17(23)25/h1-5,7,10-11H,6,8-9H2,(H,21,22,24). The molecule has 0 aliphatic heterocycles. The van der Waals surface area contributed by atoms with Crippen molar-refractivity contribution < 1.29 is 13.6 Å². The Bertz CT molecular complexity index is 984. The number of halogens is 2. The summed E-state index contributed by atoms with van der Waals surface area (Å²) in [5.41, 5.74) is 0.189. The Hall–Kier alpha value is -2.87. The minimum absolute atomic E-state index is 0.130. The third kappa shape index (κ3) is 4.60. The summed E-state index contributed by atoms with van der Waals surface area (Å²) < 4.78 is 28.1. The van der Waals surface area contributed by atoms with Crippen LogP contribution in [0.3, 0.4) is 0 Å². The third-order valence-corrected chi connectivity index (χ3v) is 4.57. The van der Waals surface area contributed by atoms with E-state index in [4.69, 9.17) is 0 Å². The van der Waals surface area contributed by atoms with Crippen molar-refractivity contribution in [3.63, 3.8) is 0 Å². The van der Waals surface area contributed by atoms with E-state index >= 15 is 0 Å². The van der Waals surface area contributed by atoms with Gasteiger partial charge >= 0.3 is 0 Å². The number of hydrogen-bond acceptors (Lipinski definition) is 4. The molecule has 0 unspecified atom stereocenters. The molecule has 26 heavy (non-hydrogen) atoms. The van der Waals surface area contributed by atoms with Crippen molar-refractivity contribution in [1.82, 2.24) is 9.55 Å². The molecule has 0 aliphatic rings. The molecular formula is C18H15F2N3O2S. The lowest BCUT2D eigenvalue weighted by Crippen LogP contribution is -2.21. The monoisotopic (exact) mass is 375 g/mol. The van der Waals surface area contributed by atoms with Gasteiger partial charge in [-0.15, -0.1) is 11.3 Å². The average Bonchev–Trinajstić information content (AvgIpc) is 3.04. The molecule has 2 aromatic heterocycles. The van der Waals surface area contributed by atoms with E-state index in [1.54, 1.807) is 24.5 Å². The minimum atomic E-state index is -0.624. The molecule has 0 aliphatic carbocycles. The summed E-state index contributed by atoms with van der Waals surface area (Å²) in [5.74, 6) is -1.51. The Balaban J connectivity index is 1.57. The van der Waals surface area contributed by atoms with E-state index in [-0.39, 0.29) is 30.9 Å². The number of nitrogens with one attached hydrogen (secondary N) is 1. The molecule has 0 fully saturated rings. The summed E-state index contributed by atoms with van der Waals surface area (Å²) in [4.78, 5) is 28.4. The smallest absolute Gasteiger partial charge is 0.250 e. The van der Waals surface area contributed by atoms with Gasteiger partial charge in [0.15, 0.2) is 5.13 Å². The number of carbonyl (C=O) groups excluding carboxylic acids is 1. The number of nitrogens with zero attached hydrogens (tertiary/aromatic N) is 2. The Morgan fingerprint density at radius 2 is 2.08 bits per heavy atom. The molecular weight excluding hydrogens is 360 g/mol. The molecule has 0 radical (unpaired) electrons. The van der Waals surface area contributed by atoms with Crippen molar-refractivity contribution >= 4 is 22.4 Å². The number of rotatable bonds is 6. The van der Waals surface area contributed by atoms with E-state index in [9.17, 15) is 18.4 Å². The van der Waals surface area contributed by atoms with Gasteiger partial charge in [-0.05, 0) is 17.7 Å². The molecule has 0 atom stereocenters. The topological polar surface area (TPSA) is 64.0 Å². The first kappa shape index (κ1) is 17.9. The molecule has 2 heterocycles. The number of hydrogen-bond donors (Lipinski definition) is 1. The summed E-state index contributed by atoms with van der Waals surface area (Å²) in [6.07, 6.45) is 3.56. The third-order valence-electron chi connectivity index (χ3n) is 3.66. The normalized spacial score (nSPS) is 10.7. The predicted molar refractivity (Wildman–Crippen MR) is 95.2 cm³/mol. The van der Waals surface area contributed by atoms with Gasteiger partial charge in [0.05, 0.1) is 0 Å². The number of aryl methyl sites for hydroxylation is 1. The fourth-order valence-corrected chi connectivity index (χ4v) is 3.20. The number of thiazole rings is 1. The molecule has 5 nitrogen and oxygen atoms in total. The molecule has 1 amide bonds. The van der Waals surface area contributed by atoms with Gasteiger partial charge < -0.3 is 9.88 Å². The van der Waals surface area contributed by atoms with Crippen LogP contribution in [0.25, 0.3) is 0 Å². The van der Waals surface area contributed by atoms with Gasteiger partial charge in [-0.2, -0.15) is 0 Å². The quantitative estimate of drug-likeness (QED) is 0.720. The SMILES string of the molecule is O=C(CCn1ccccc1=O)Nc1ncc(Cc2ccc(F)cc2F)s1. The van der Waals surface area contributed by atoms with E-state index in [0.717, 1.165) is 10.9 Å². The maximum absolute atomic E-state index is 13.7. The van der Waals surface area contributed by atoms with Crippen LogP contribution in [-0.2, 0) is 17.8 Å². The first-order valence-electron chi connectivity index (χ1n) is 7.85. The average molecular weight is 375 g/mol. The molecule has 3 rings (SSSR count). The van der Waals surface area contributed by atoms with Crippen LogP contribution in [0.15, 0.2) is 53.6 Å². The van der Waals surface area contributed by atoms with Crippen LogP contribution in [-0.4, -0.2) is 15.5 Å². The Morgan fingerprint density at radius 1 is 1.23 bits per heavy atom. The number of aromatic nitrogens is 2. The van der Waals surface area contributed by atoms with Gasteiger partial charge in [0.2, 0.25) is 5.91 Å². The highest BCUT2D eigenvalue weighted by Gasteiger charge is 2.10. The number of anilines is 1.